The molecule has 0 radical (unpaired) electrons. The maximum atomic E-state index is 12.9. The van der Waals surface area contributed by atoms with Gasteiger partial charge in [-0.25, -0.2) is 9.97 Å². The number of nitrogen functional groups attached to an aromatic ring is 1. The number of carbonyl (C=O) groups excluding carboxylic acids is 1. The number of carbonyl (C=O) groups is 1. The summed E-state index contributed by atoms with van der Waals surface area (Å²) >= 11 is 2.91. The topological polar surface area (TPSA) is 90.1 Å². The molecule has 0 spiro atoms. The average Bonchev–Trinajstić information content (AvgIpc) is 3.25. The van der Waals surface area contributed by atoms with Gasteiger partial charge in [-0.15, -0.1) is 11.3 Å². The van der Waals surface area contributed by atoms with E-state index in [1.807, 2.05) is 60.7 Å². The molecule has 1 amide bonds. The quantitative estimate of drug-likeness (QED) is 0.260. The zero-order chi connectivity index (χ0) is 24.4. The third kappa shape index (κ3) is 5.19. The summed E-state index contributed by atoms with van der Waals surface area (Å²) in [6.45, 7) is 4.93. The fourth-order valence-corrected chi connectivity index (χ4v) is 6.21. The van der Waals surface area contributed by atoms with Gasteiger partial charge >= 0.3 is 0 Å². The molecule has 8 heteroatoms. The molecule has 3 N–H and O–H groups in total. The first kappa shape index (κ1) is 23.8. The number of fused-ring (bicyclic) bond motifs is 3. The number of nitrogens with one attached hydrogen (secondary N) is 1. The van der Waals surface area contributed by atoms with Crippen LogP contribution in [0, 0.1) is 5.92 Å². The van der Waals surface area contributed by atoms with E-state index in [4.69, 9.17) is 15.5 Å². The van der Waals surface area contributed by atoms with Crippen molar-refractivity contribution in [3.63, 3.8) is 0 Å². The highest BCUT2D eigenvalue weighted by atomic mass is 32.2. The fourth-order valence-electron chi connectivity index (χ4n) is 4.36. The van der Waals surface area contributed by atoms with Crippen LogP contribution in [0.1, 0.15) is 41.5 Å². The highest BCUT2D eigenvalue weighted by Gasteiger charge is 2.27. The first-order valence-electron chi connectivity index (χ1n) is 11.7. The summed E-state index contributed by atoms with van der Waals surface area (Å²) in [4.78, 5) is 24.3. The lowest BCUT2D eigenvalue weighted by Crippen LogP contribution is -2.30. The van der Waals surface area contributed by atoms with Crippen molar-refractivity contribution < 1.29 is 9.53 Å². The molecule has 0 unspecified atom stereocenters. The van der Waals surface area contributed by atoms with Gasteiger partial charge in [-0.05, 0) is 22.6 Å². The van der Waals surface area contributed by atoms with Crippen LogP contribution in [0.25, 0.3) is 10.2 Å². The minimum absolute atomic E-state index is 0.0892. The third-order valence-electron chi connectivity index (χ3n) is 6.22. The van der Waals surface area contributed by atoms with Crippen molar-refractivity contribution in [1.29, 1.82) is 0 Å². The molecule has 180 valence electrons. The second-order valence-electron chi connectivity index (χ2n) is 8.98. The van der Waals surface area contributed by atoms with Gasteiger partial charge in [0.15, 0.2) is 5.16 Å². The molecule has 0 bridgehead atoms. The molecule has 2 aromatic carbocycles. The summed E-state index contributed by atoms with van der Waals surface area (Å²) in [7, 11) is 0. The predicted molar refractivity (Wildman–Crippen MR) is 143 cm³/mol. The number of hydrogen-bond acceptors (Lipinski definition) is 7. The van der Waals surface area contributed by atoms with Crippen LogP contribution in [-0.4, -0.2) is 27.7 Å². The van der Waals surface area contributed by atoms with E-state index in [1.54, 1.807) is 11.3 Å². The van der Waals surface area contributed by atoms with Crippen LogP contribution < -0.4 is 11.1 Å². The van der Waals surface area contributed by atoms with Gasteiger partial charge in [0.1, 0.15) is 10.6 Å². The molecule has 5 rings (SSSR count). The van der Waals surface area contributed by atoms with E-state index < -0.39 is 0 Å². The lowest BCUT2D eigenvalue weighted by molar-refractivity contribution is -0.119. The lowest BCUT2D eigenvalue weighted by atomic mass is 9.96. The number of thiophene rings is 1. The zero-order valence-corrected chi connectivity index (χ0v) is 21.4. The molecule has 1 aliphatic rings. The van der Waals surface area contributed by atoms with Crippen LogP contribution in [0.2, 0.25) is 0 Å². The van der Waals surface area contributed by atoms with Crippen molar-refractivity contribution in [2.45, 2.75) is 44.2 Å². The molecule has 0 fully saturated rings. The van der Waals surface area contributed by atoms with E-state index in [0.717, 1.165) is 27.8 Å². The summed E-state index contributed by atoms with van der Waals surface area (Å²) in [5, 5.41) is 4.63. The van der Waals surface area contributed by atoms with Gasteiger partial charge in [0.25, 0.3) is 0 Å². The number of rotatable bonds is 7. The van der Waals surface area contributed by atoms with Crippen LogP contribution in [0.3, 0.4) is 0 Å². The summed E-state index contributed by atoms with van der Waals surface area (Å²) in [6, 6.07) is 19.7. The first-order chi connectivity index (χ1) is 17.0. The number of hydrogen-bond donors (Lipinski definition) is 2. The highest BCUT2D eigenvalue weighted by Crippen LogP contribution is 2.39. The summed E-state index contributed by atoms with van der Waals surface area (Å²) < 4.78 is 6.02. The Bertz CT molecular complexity index is 1290. The van der Waals surface area contributed by atoms with Gasteiger partial charge in [0.05, 0.1) is 29.9 Å². The average molecular weight is 505 g/mol. The molecule has 1 aliphatic heterocycles. The monoisotopic (exact) mass is 504 g/mol. The Labute approximate surface area is 213 Å². The normalized spacial score (nSPS) is 15.5. The van der Waals surface area contributed by atoms with Crippen LogP contribution in [0.4, 0.5) is 5.82 Å². The van der Waals surface area contributed by atoms with Gasteiger partial charge in [0, 0.05) is 11.3 Å². The summed E-state index contributed by atoms with van der Waals surface area (Å²) in [5.74, 6) is 1.02. The van der Waals surface area contributed by atoms with Crippen molar-refractivity contribution in [1.82, 2.24) is 15.3 Å². The molecule has 0 aliphatic carbocycles. The molecular weight excluding hydrogens is 476 g/mol. The lowest BCUT2D eigenvalue weighted by Gasteiger charge is -2.26. The molecule has 35 heavy (non-hydrogen) atoms. The second kappa shape index (κ2) is 10.4. The Kier molecular flexibility index (Phi) is 7.04. The Hall–Kier alpha value is -2.94. The molecule has 1 atom stereocenters. The van der Waals surface area contributed by atoms with Gasteiger partial charge in [-0.3, -0.25) is 4.79 Å². The van der Waals surface area contributed by atoms with E-state index in [2.05, 4.69) is 24.1 Å². The van der Waals surface area contributed by atoms with Crippen molar-refractivity contribution >= 4 is 45.0 Å². The summed E-state index contributed by atoms with van der Waals surface area (Å²) in [6.07, 6.45) is 1.01. The molecule has 6 nitrogen and oxygen atoms in total. The number of benzene rings is 2. The Balaban J connectivity index is 1.31. The number of ether oxygens (including phenoxy) is 1. The van der Waals surface area contributed by atoms with Crippen LogP contribution in [0.15, 0.2) is 65.8 Å². The standard InChI is InChI=1S/C27H28N4O2S2/c1-16(2)20-13-19-21(14-33-20)35-26-23(19)25(28)30-27(31-26)34-15-22(32)29-24(17-9-5-3-6-10-17)18-11-7-4-8-12-18/h3-12,16,20,24H,13-15H2,1-2H3,(H,29,32)(H2,28,30,31)/t20-/m1/s1. The third-order valence-corrected chi connectivity index (χ3v) is 8.17. The predicted octanol–water partition coefficient (Wildman–Crippen LogP) is 5.37. The molecule has 0 saturated heterocycles. The SMILES string of the molecule is CC(C)[C@H]1Cc2c(sc3nc(SCC(=O)NC(c4ccccc4)c4ccccc4)nc(N)c23)CO1. The largest absolute Gasteiger partial charge is 0.383 e. The minimum Gasteiger partial charge on any atom is -0.383 e. The van der Waals surface area contributed by atoms with Gasteiger partial charge in [-0.2, -0.15) is 0 Å². The van der Waals surface area contributed by atoms with E-state index in [9.17, 15) is 4.79 Å². The second-order valence-corrected chi connectivity index (χ2v) is 11.0. The number of nitrogens with zero attached hydrogens (tertiary/aromatic N) is 2. The maximum absolute atomic E-state index is 12.9. The van der Waals surface area contributed by atoms with Crippen LogP contribution in [0.5, 0.6) is 0 Å². The molecule has 4 aromatic rings. The molecule has 3 heterocycles. The fraction of sp³-hybridized carbons (Fsp3) is 0.296. The van der Waals surface area contributed by atoms with E-state index >= 15 is 0 Å². The Morgan fingerprint density at radius 1 is 1.11 bits per heavy atom. The molecule has 2 aromatic heterocycles. The van der Waals surface area contributed by atoms with Crippen molar-refractivity contribution in [3.8, 4) is 0 Å². The molecular formula is C27H28N4O2S2. The minimum atomic E-state index is -0.225. The zero-order valence-electron chi connectivity index (χ0n) is 19.7. The smallest absolute Gasteiger partial charge is 0.231 e. The number of nitrogens with two attached hydrogens (primary N) is 1. The first-order valence-corrected chi connectivity index (χ1v) is 13.5. The molecule has 0 saturated carbocycles. The summed E-state index contributed by atoms with van der Waals surface area (Å²) in [5.41, 5.74) is 9.67. The number of amides is 1. The number of anilines is 1. The van der Waals surface area contributed by atoms with Crippen LogP contribution in [-0.2, 0) is 22.6 Å². The van der Waals surface area contributed by atoms with Crippen molar-refractivity contribution in [2.24, 2.45) is 5.92 Å². The van der Waals surface area contributed by atoms with Gasteiger partial charge in [0.2, 0.25) is 5.91 Å². The Morgan fingerprint density at radius 2 is 1.77 bits per heavy atom. The highest BCUT2D eigenvalue weighted by molar-refractivity contribution is 7.99. The van der Waals surface area contributed by atoms with Gasteiger partial charge in [-0.1, -0.05) is 86.3 Å². The van der Waals surface area contributed by atoms with Crippen molar-refractivity contribution in [2.75, 3.05) is 11.5 Å². The van der Waals surface area contributed by atoms with E-state index in [-0.39, 0.29) is 23.8 Å². The van der Waals surface area contributed by atoms with E-state index in [0.29, 0.717) is 23.5 Å². The van der Waals surface area contributed by atoms with Crippen molar-refractivity contribution in [3.05, 3.63) is 82.2 Å². The van der Waals surface area contributed by atoms with E-state index in [1.165, 1.54) is 22.2 Å². The van der Waals surface area contributed by atoms with Crippen LogP contribution >= 0.6 is 23.1 Å². The Morgan fingerprint density at radius 3 is 2.40 bits per heavy atom. The number of thioether (sulfide) groups is 1. The maximum Gasteiger partial charge on any atom is 0.231 e. The number of aromatic nitrogens is 2. The van der Waals surface area contributed by atoms with Gasteiger partial charge < -0.3 is 15.8 Å².